The molecule has 3 aromatic rings. The molecule has 1 aliphatic heterocycles. The van der Waals surface area contributed by atoms with E-state index < -0.39 is 10.0 Å². The first kappa shape index (κ1) is 27.4. The maximum absolute atomic E-state index is 13.9. The van der Waals surface area contributed by atoms with E-state index in [0.29, 0.717) is 17.2 Å². The molecule has 8 nitrogen and oxygen atoms in total. The molecule has 2 aromatic carbocycles. The predicted molar refractivity (Wildman–Crippen MR) is 149 cm³/mol. The number of fused-ring (bicyclic) bond motifs is 1. The Morgan fingerprint density at radius 2 is 1.63 bits per heavy atom. The van der Waals surface area contributed by atoms with Gasteiger partial charge < -0.3 is 14.8 Å². The Morgan fingerprint density at radius 3 is 2.26 bits per heavy atom. The fraction of sp³-hybridized carbons (Fsp3) is 0.379. The number of benzene rings is 2. The molecule has 0 unspecified atom stereocenters. The molecule has 0 bridgehead atoms. The standard InChI is InChI=1S/C29H35N3O5S/c1-18(2)23-8-7-9-24(19(3)4)29(23)31-28(33)12-13-32(27-15-20(5)14-21(6)30-27)38(34,35)22-10-11-25-26(16-22)37-17-36-25/h7-11,14-16,18-19H,12-13,17H2,1-6H3,(H,31,33). The molecule has 1 aliphatic rings. The Bertz CT molecular complexity index is 1400. The van der Waals surface area contributed by atoms with Gasteiger partial charge in [0.05, 0.1) is 4.90 Å². The van der Waals surface area contributed by atoms with E-state index in [1.165, 1.54) is 16.4 Å². The first-order chi connectivity index (χ1) is 18.0. The van der Waals surface area contributed by atoms with E-state index in [1.807, 2.05) is 38.1 Å². The molecule has 0 atom stereocenters. The average Bonchev–Trinajstić information content (AvgIpc) is 3.31. The third kappa shape index (κ3) is 5.78. The highest BCUT2D eigenvalue weighted by Crippen LogP contribution is 2.36. The van der Waals surface area contributed by atoms with Gasteiger partial charge in [0.25, 0.3) is 10.0 Å². The number of nitrogens with one attached hydrogen (secondary N) is 1. The lowest BCUT2D eigenvalue weighted by atomic mass is 9.92. The number of ether oxygens (including phenoxy) is 2. The van der Waals surface area contributed by atoms with Crippen molar-refractivity contribution in [2.24, 2.45) is 0 Å². The van der Waals surface area contributed by atoms with Crippen molar-refractivity contribution in [3.63, 3.8) is 0 Å². The number of pyridine rings is 1. The van der Waals surface area contributed by atoms with Gasteiger partial charge in [-0.05, 0) is 66.6 Å². The Kier molecular flexibility index (Phi) is 7.97. The largest absolute Gasteiger partial charge is 0.454 e. The average molecular weight is 538 g/mol. The predicted octanol–water partition coefficient (Wildman–Crippen LogP) is 5.90. The van der Waals surface area contributed by atoms with E-state index >= 15 is 0 Å². The zero-order valence-corrected chi connectivity index (χ0v) is 23.6. The van der Waals surface area contributed by atoms with E-state index in [4.69, 9.17) is 9.47 Å². The molecule has 0 aliphatic carbocycles. The minimum absolute atomic E-state index is 0.0374. The molecule has 38 heavy (non-hydrogen) atoms. The minimum atomic E-state index is -4.07. The van der Waals surface area contributed by atoms with Crippen LogP contribution in [0, 0.1) is 13.8 Å². The van der Waals surface area contributed by atoms with Gasteiger partial charge >= 0.3 is 0 Å². The van der Waals surface area contributed by atoms with E-state index in [9.17, 15) is 13.2 Å². The minimum Gasteiger partial charge on any atom is -0.454 e. The zero-order chi connectivity index (χ0) is 27.6. The summed E-state index contributed by atoms with van der Waals surface area (Å²) in [5, 5.41) is 3.08. The topological polar surface area (TPSA) is 97.8 Å². The van der Waals surface area contributed by atoms with Crippen LogP contribution in [0.3, 0.4) is 0 Å². The summed E-state index contributed by atoms with van der Waals surface area (Å²) < 4.78 is 39.7. The van der Waals surface area contributed by atoms with Crippen molar-refractivity contribution in [1.82, 2.24) is 4.98 Å². The lowest BCUT2D eigenvalue weighted by molar-refractivity contribution is -0.116. The van der Waals surface area contributed by atoms with Gasteiger partial charge in [0.15, 0.2) is 11.5 Å². The van der Waals surface area contributed by atoms with Crippen molar-refractivity contribution in [1.29, 1.82) is 0 Å². The third-order valence-corrected chi connectivity index (χ3v) is 8.25. The van der Waals surface area contributed by atoms with Gasteiger partial charge in [0, 0.05) is 30.4 Å². The number of carbonyl (C=O) groups is 1. The van der Waals surface area contributed by atoms with Crippen LogP contribution in [0.25, 0.3) is 0 Å². The van der Waals surface area contributed by atoms with Gasteiger partial charge in [-0.1, -0.05) is 45.9 Å². The monoisotopic (exact) mass is 537 g/mol. The van der Waals surface area contributed by atoms with Crippen LogP contribution in [0.4, 0.5) is 11.5 Å². The molecule has 0 fully saturated rings. The van der Waals surface area contributed by atoms with E-state index in [2.05, 4.69) is 38.0 Å². The van der Waals surface area contributed by atoms with Gasteiger partial charge in [-0.25, -0.2) is 17.7 Å². The van der Waals surface area contributed by atoms with Crippen LogP contribution in [-0.4, -0.2) is 32.6 Å². The summed E-state index contributed by atoms with van der Waals surface area (Å²) in [7, 11) is -4.07. The van der Waals surface area contributed by atoms with Crippen molar-refractivity contribution >= 4 is 27.4 Å². The van der Waals surface area contributed by atoms with Gasteiger partial charge in [-0.2, -0.15) is 0 Å². The maximum Gasteiger partial charge on any atom is 0.265 e. The lowest BCUT2D eigenvalue weighted by Crippen LogP contribution is -2.35. The summed E-state index contributed by atoms with van der Waals surface area (Å²) >= 11 is 0. The van der Waals surface area contributed by atoms with Crippen LogP contribution in [0.15, 0.2) is 53.4 Å². The number of carbonyl (C=O) groups excluding carboxylic acids is 1. The van der Waals surface area contributed by atoms with E-state index in [-0.39, 0.29) is 48.2 Å². The quantitative estimate of drug-likeness (QED) is 0.365. The Hall–Kier alpha value is -3.59. The summed E-state index contributed by atoms with van der Waals surface area (Å²) in [6.07, 6.45) is -0.0532. The lowest BCUT2D eigenvalue weighted by Gasteiger charge is -2.25. The fourth-order valence-electron chi connectivity index (χ4n) is 4.57. The molecule has 202 valence electrons. The van der Waals surface area contributed by atoms with Crippen molar-refractivity contribution in [3.8, 4) is 11.5 Å². The summed E-state index contributed by atoms with van der Waals surface area (Å²) in [6, 6.07) is 14.1. The number of hydrogen-bond donors (Lipinski definition) is 1. The van der Waals surface area contributed by atoms with Crippen molar-refractivity contribution in [3.05, 3.63) is 70.9 Å². The summed E-state index contributed by atoms with van der Waals surface area (Å²) in [6.45, 7) is 12.0. The molecule has 1 N–H and O–H groups in total. The third-order valence-electron chi connectivity index (χ3n) is 6.45. The molecule has 1 aromatic heterocycles. The second-order valence-corrected chi connectivity index (χ2v) is 12.0. The van der Waals surface area contributed by atoms with Crippen LogP contribution in [0.2, 0.25) is 0 Å². The molecule has 0 radical (unpaired) electrons. The van der Waals surface area contributed by atoms with Gasteiger partial charge in [0.1, 0.15) is 5.82 Å². The van der Waals surface area contributed by atoms with Gasteiger partial charge in [-0.3, -0.25) is 4.79 Å². The smallest absolute Gasteiger partial charge is 0.265 e. The molecular formula is C29H35N3O5S. The Labute approximate surface area is 225 Å². The van der Waals surface area contributed by atoms with Crippen LogP contribution < -0.4 is 19.1 Å². The normalized spacial score (nSPS) is 12.7. The number of aryl methyl sites for hydroxylation is 2. The van der Waals surface area contributed by atoms with Crippen molar-refractivity contribution in [2.45, 2.75) is 64.7 Å². The highest BCUT2D eigenvalue weighted by molar-refractivity contribution is 7.92. The molecule has 0 spiro atoms. The number of rotatable bonds is 9. The molecule has 4 rings (SSSR count). The first-order valence-electron chi connectivity index (χ1n) is 12.8. The molecular weight excluding hydrogens is 502 g/mol. The van der Waals surface area contributed by atoms with Crippen LogP contribution in [0.5, 0.6) is 11.5 Å². The SMILES string of the molecule is Cc1cc(C)nc(N(CCC(=O)Nc2c(C(C)C)cccc2C(C)C)S(=O)(=O)c2ccc3c(c2)OCO3)c1. The molecule has 0 saturated carbocycles. The fourth-order valence-corrected chi connectivity index (χ4v) is 5.99. The highest BCUT2D eigenvalue weighted by Gasteiger charge is 2.29. The highest BCUT2D eigenvalue weighted by atomic mass is 32.2. The number of sulfonamides is 1. The Balaban J connectivity index is 1.65. The molecule has 1 amide bonds. The second kappa shape index (κ2) is 11.0. The zero-order valence-electron chi connectivity index (χ0n) is 22.7. The van der Waals surface area contributed by atoms with E-state index in [1.54, 1.807) is 12.1 Å². The van der Waals surface area contributed by atoms with Crippen molar-refractivity contribution in [2.75, 3.05) is 23.0 Å². The van der Waals surface area contributed by atoms with Crippen LogP contribution in [-0.2, 0) is 14.8 Å². The Morgan fingerprint density at radius 1 is 0.974 bits per heavy atom. The molecule has 0 saturated heterocycles. The number of hydrogen-bond acceptors (Lipinski definition) is 6. The summed E-state index contributed by atoms with van der Waals surface area (Å²) in [5.41, 5.74) is 4.45. The van der Waals surface area contributed by atoms with E-state index in [0.717, 1.165) is 22.4 Å². The first-order valence-corrected chi connectivity index (χ1v) is 14.2. The number of anilines is 2. The maximum atomic E-state index is 13.9. The van der Waals surface area contributed by atoms with Gasteiger partial charge in [-0.15, -0.1) is 0 Å². The van der Waals surface area contributed by atoms with Crippen LogP contribution in [0.1, 0.15) is 68.3 Å². The van der Waals surface area contributed by atoms with Crippen molar-refractivity contribution < 1.29 is 22.7 Å². The summed E-state index contributed by atoms with van der Waals surface area (Å²) in [5.74, 6) is 1.28. The molecule has 9 heteroatoms. The van der Waals surface area contributed by atoms with Crippen LogP contribution >= 0.6 is 0 Å². The summed E-state index contributed by atoms with van der Waals surface area (Å²) in [4.78, 5) is 17.8. The van der Waals surface area contributed by atoms with Gasteiger partial charge in [0.2, 0.25) is 12.7 Å². The number of para-hydroxylation sites is 1. The number of amides is 1. The molecule has 2 heterocycles. The number of nitrogens with zero attached hydrogens (tertiary/aromatic N) is 2. The second-order valence-electron chi connectivity index (χ2n) is 10.2. The number of aromatic nitrogens is 1.